The number of imidazole rings is 1. The van der Waals surface area contributed by atoms with E-state index in [4.69, 9.17) is 9.72 Å². The number of methoxy groups -OCH3 is 1. The van der Waals surface area contributed by atoms with Crippen molar-refractivity contribution < 1.29 is 14.3 Å². The van der Waals surface area contributed by atoms with Crippen molar-refractivity contribution in [3.05, 3.63) is 11.9 Å². The highest BCUT2D eigenvalue weighted by molar-refractivity contribution is 5.69. The molecule has 0 unspecified atom stereocenters. The normalized spacial score (nSPS) is 20.0. The van der Waals surface area contributed by atoms with Gasteiger partial charge in [0.2, 0.25) is 12.4 Å². The summed E-state index contributed by atoms with van der Waals surface area (Å²) in [6, 6.07) is 0.389. The number of nitrogens with zero attached hydrogens (tertiary/aromatic N) is 3. The Hall–Kier alpha value is -1.93. The van der Waals surface area contributed by atoms with Crippen LogP contribution in [0.1, 0.15) is 49.8 Å². The summed E-state index contributed by atoms with van der Waals surface area (Å²) in [5.41, 5.74) is 1.07. The van der Waals surface area contributed by atoms with Gasteiger partial charge in [-0.1, -0.05) is 0 Å². The van der Waals surface area contributed by atoms with E-state index >= 15 is 0 Å². The van der Waals surface area contributed by atoms with E-state index in [0.717, 1.165) is 64.1 Å². The van der Waals surface area contributed by atoms with Gasteiger partial charge in [-0.3, -0.25) is 14.9 Å². The molecular formula is C18H29N5O3. The van der Waals surface area contributed by atoms with Crippen LogP contribution in [-0.2, 0) is 14.3 Å². The Balaban J connectivity index is 1.61. The standard InChI is InChI=1S/C18H29N5O3/c1-26-17(25)6-11-22-9-4-14(5-10-22)16-12-23(18(21-16)20-13-24)15-2-7-19-8-3-15/h12-15,19H,2-11H2,1H3,(H,20,21,24). The molecule has 0 bridgehead atoms. The Bertz CT molecular complexity index is 604. The van der Waals surface area contributed by atoms with Crippen LogP contribution in [0.25, 0.3) is 0 Å². The molecule has 2 fully saturated rings. The van der Waals surface area contributed by atoms with E-state index in [1.54, 1.807) is 0 Å². The number of carbonyl (C=O) groups is 2. The average molecular weight is 363 g/mol. The van der Waals surface area contributed by atoms with Crippen molar-refractivity contribution in [1.82, 2.24) is 19.8 Å². The fourth-order valence-corrected chi connectivity index (χ4v) is 3.94. The maximum atomic E-state index is 11.3. The Morgan fingerprint density at radius 2 is 2.08 bits per heavy atom. The number of hydrogen-bond donors (Lipinski definition) is 2. The van der Waals surface area contributed by atoms with Crippen molar-refractivity contribution in [2.75, 3.05) is 45.2 Å². The van der Waals surface area contributed by atoms with Crippen molar-refractivity contribution in [3.63, 3.8) is 0 Å². The van der Waals surface area contributed by atoms with E-state index in [1.165, 1.54) is 7.11 Å². The Kier molecular flexibility index (Phi) is 6.62. The number of nitrogens with one attached hydrogen (secondary N) is 2. The second-order valence-corrected chi connectivity index (χ2v) is 7.08. The summed E-state index contributed by atoms with van der Waals surface area (Å²) < 4.78 is 6.86. The minimum Gasteiger partial charge on any atom is -0.469 e. The quantitative estimate of drug-likeness (QED) is 0.557. The van der Waals surface area contributed by atoms with Gasteiger partial charge < -0.3 is 19.5 Å². The highest BCUT2D eigenvalue weighted by Gasteiger charge is 2.26. The second kappa shape index (κ2) is 9.14. The number of aromatic nitrogens is 2. The lowest BCUT2D eigenvalue weighted by molar-refractivity contribution is -0.141. The number of likely N-dealkylation sites (tertiary alicyclic amines) is 1. The molecule has 144 valence electrons. The van der Waals surface area contributed by atoms with Crippen molar-refractivity contribution in [2.24, 2.45) is 0 Å². The van der Waals surface area contributed by atoms with Gasteiger partial charge in [-0.05, 0) is 51.9 Å². The lowest BCUT2D eigenvalue weighted by Gasteiger charge is -2.30. The first kappa shape index (κ1) is 18.8. The van der Waals surface area contributed by atoms with E-state index in [2.05, 4.69) is 26.3 Å². The molecule has 2 saturated heterocycles. The molecule has 2 aliphatic rings. The molecule has 1 aromatic rings. The van der Waals surface area contributed by atoms with Crippen molar-refractivity contribution in [1.29, 1.82) is 0 Å². The Morgan fingerprint density at radius 3 is 2.73 bits per heavy atom. The first-order valence-corrected chi connectivity index (χ1v) is 9.50. The largest absolute Gasteiger partial charge is 0.469 e. The second-order valence-electron chi connectivity index (χ2n) is 7.08. The third-order valence-corrected chi connectivity index (χ3v) is 5.51. The van der Waals surface area contributed by atoms with E-state index < -0.39 is 0 Å². The number of hydrogen-bond acceptors (Lipinski definition) is 6. The zero-order valence-corrected chi connectivity index (χ0v) is 15.4. The highest BCUT2D eigenvalue weighted by atomic mass is 16.5. The van der Waals surface area contributed by atoms with Gasteiger partial charge in [-0.15, -0.1) is 0 Å². The first-order valence-electron chi connectivity index (χ1n) is 9.50. The molecule has 3 heterocycles. The molecule has 0 saturated carbocycles. The van der Waals surface area contributed by atoms with Gasteiger partial charge in [-0.25, -0.2) is 4.98 Å². The monoisotopic (exact) mass is 363 g/mol. The number of amides is 1. The molecule has 0 aromatic carbocycles. The molecular weight excluding hydrogens is 334 g/mol. The van der Waals surface area contributed by atoms with Crippen molar-refractivity contribution in [2.45, 2.75) is 44.1 Å². The van der Waals surface area contributed by atoms with Crippen molar-refractivity contribution >= 4 is 18.3 Å². The van der Waals surface area contributed by atoms with Gasteiger partial charge in [0.1, 0.15) is 0 Å². The predicted octanol–water partition coefficient (Wildman–Crippen LogP) is 1.12. The summed E-state index contributed by atoms with van der Waals surface area (Å²) in [4.78, 5) is 29.3. The summed E-state index contributed by atoms with van der Waals surface area (Å²) in [5, 5.41) is 6.14. The summed E-state index contributed by atoms with van der Waals surface area (Å²) in [5.74, 6) is 0.909. The maximum absolute atomic E-state index is 11.3. The number of piperidine rings is 2. The van der Waals surface area contributed by atoms with Crippen LogP contribution >= 0.6 is 0 Å². The predicted molar refractivity (Wildman–Crippen MR) is 98.1 cm³/mol. The van der Waals surface area contributed by atoms with E-state index in [9.17, 15) is 9.59 Å². The molecule has 1 amide bonds. The molecule has 0 aliphatic carbocycles. The molecule has 1 aromatic heterocycles. The average Bonchev–Trinajstić information content (AvgIpc) is 3.11. The highest BCUT2D eigenvalue weighted by Crippen LogP contribution is 2.31. The van der Waals surface area contributed by atoms with Crippen LogP contribution in [0.4, 0.5) is 5.95 Å². The van der Waals surface area contributed by atoms with Crippen LogP contribution in [-0.4, -0.2) is 66.7 Å². The molecule has 2 N–H and O–H groups in total. The molecule has 0 spiro atoms. The van der Waals surface area contributed by atoms with E-state index in [-0.39, 0.29) is 5.97 Å². The van der Waals surface area contributed by atoms with E-state index in [1.807, 2.05) is 0 Å². The van der Waals surface area contributed by atoms with Crippen LogP contribution in [0.5, 0.6) is 0 Å². The lowest BCUT2D eigenvalue weighted by atomic mass is 9.94. The number of ether oxygens (including phenoxy) is 1. The zero-order chi connectivity index (χ0) is 18.4. The van der Waals surface area contributed by atoms with Crippen LogP contribution in [0, 0.1) is 0 Å². The molecule has 0 radical (unpaired) electrons. The minimum absolute atomic E-state index is 0.155. The minimum atomic E-state index is -0.155. The molecule has 0 atom stereocenters. The maximum Gasteiger partial charge on any atom is 0.306 e. The zero-order valence-electron chi connectivity index (χ0n) is 15.4. The van der Waals surface area contributed by atoms with Gasteiger partial charge in [0.05, 0.1) is 19.2 Å². The van der Waals surface area contributed by atoms with Crippen molar-refractivity contribution in [3.8, 4) is 0 Å². The Morgan fingerprint density at radius 1 is 1.35 bits per heavy atom. The SMILES string of the molecule is COC(=O)CCN1CCC(c2cn(C3CCNCC3)c(NC=O)n2)CC1. The molecule has 3 rings (SSSR count). The van der Waals surface area contributed by atoms with Crippen LogP contribution in [0.15, 0.2) is 6.20 Å². The third-order valence-electron chi connectivity index (χ3n) is 5.51. The lowest BCUT2D eigenvalue weighted by Crippen LogP contribution is -2.34. The number of rotatable bonds is 7. The number of carbonyl (C=O) groups excluding carboxylic acids is 2. The number of esters is 1. The topological polar surface area (TPSA) is 88.5 Å². The van der Waals surface area contributed by atoms with Gasteiger partial charge in [0.25, 0.3) is 0 Å². The fourth-order valence-electron chi connectivity index (χ4n) is 3.94. The third kappa shape index (κ3) is 4.62. The smallest absolute Gasteiger partial charge is 0.306 e. The van der Waals surface area contributed by atoms with Gasteiger partial charge in [-0.2, -0.15) is 0 Å². The van der Waals surface area contributed by atoms with E-state index in [0.29, 0.717) is 30.7 Å². The summed E-state index contributed by atoms with van der Waals surface area (Å²) in [6.07, 6.45) is 7.43. The molecule has 8 nitrogen and oxygen atoms in total. The van der Waals surface area contributed by atoms with Gasteiger partial charge >= 0.3 is 5.97 Å². The Labute approximate surface area is 154 Å². The van der Waals surface area contributed by atoms with Crippen LogP contribution in [0.2, 0.25) is 0 Å². The summed E-state index contributed by atoms with van der Waals surface area (Å²) in [6.45, 7) is 4.66. The van der Waals surface area contributed by atoms with Gasteiger partial charge in [0.15, 0.2) is 0 Å². The number of anilines is 1. The molecule has 8 heteroatoms. The molecule has 2 aliphatic heterocycles. The fraction of sp³-hybridized carbons (Fsp3) is 0.722. The van der Waals surface area contributed by atoms with Crippen LogP contribution < -0.4 is 10.6 Å². The first-order chi connectivity index (χ1) is 12.7. The molecule has 26 heavy (non-hydrogen) atoms. The summed E-state index contributed by atoms with van der Waals surface area (Å²) in [7, 11) is 1.43. The van der Waals surface area contributed by atoms with Crippen LogP contribution in [0.3, 0.4) is 0 Å². The van der Waals surface area contributed by atoms with Gasteiger partial charge in [0, 0.05) is 24.7 Å². The summed E-state index contributed by atoms with van der Waals surface area (Å²) >= 11 is 0.